The molecule has 4 heterocycles. The first kappa shape index (κ1) is 26.0. The molecule has 2 fully saturated rings. The average molecular weight is 525 g/mol. The number of carbonyl (C=O) groups is 3. The van der Waals surface area contributed by atoms with Gasteiger partial charge in [-0.15, -0.1) is 11.8 Å². The zero-order valence-electron chi connectivity index (χ0n) is 21.6. The van der Waals surface area contributed by atoms with Crippen molar-refractivity contribution in [1.29, 1.82) is 0 Å². The van der Waals surface area contributed by atoms with Crippen LogP contribution in [0.1, 0.15) is 43.2 Å². The van der Waals surface area contributed by atoms with Crippen molar-refractivity contribution >= 4 is 35.2 Å². The largest absolute Gasteiger partial charge is 0.465 e. The van der Waals surface area contributed by atoms with E-state index in [0.717, 1.165) is 42.5 Å². The Labute approximate surface area is 222 Å². The fourth-order valence-corrected chi connectivity index (χ4v) is 8.53. The monoisotopic (exact) mass is 524 g/mol. The first-order chi connectivity index (χ1) is 17.9. The molecule has 198 valence electrons. The molecule has 7 nitrogen and oxygen atoms in total. The number of esters is 1. The molecular formula is C29H36N2O5S. The number of ether oxygens (including phenoxy) is 1. The predicted octanol–water partition coefficient (Wildman–Crippen LogP) is 3.56. The molecule has 0 aliphatic carbocycles. The minimum absolute atomic E-state index is 0.0901. The quantitative estimate of drug-likeness (QED) is 0.334. The number of anilines is 1. The van der Waals surface area contributed by atoms with Gasteiger partial charge < -0.3 is 19.6 Å². The smallest absolute Gasteiger partial charge is 0.311 e. The van der Waals surface area contributed by atoms with Crippen LogP contribution < -0.4 is 4.90 Å². The lowest BCUT2D eigenvalue weighted by Crippen LogP contribution is -2.53. The molecule has 5 rings (SSSR count). The SMILES string of the molecule is Cc1cccc(C)c1N1CC=C[C@]23S[C@@H]4C=CCCOC(=O)[C@@H]4[C@H]2C(=O)N(CCCCCCO)C3C1=O. The van der Waals surface area contributed by atoms with Crippen molar-refractivity contribution in [2.75, 3.05) is 31.2 Å². The fraction of sp³-hybridized carbons (Fsp3) is 0.552. The number of amides is 2. The molecule has 1 unspecified atom stereocenters. The molecule has 37 heavy (non-hydrogen) atoms. The number of carbonyl (C=O) groups excluding carboxylic acids is 3. The number of unbranched alkanes of at least 4 members (excludes halogenated alkanes) is 3. The van der Waals surface area contributed by atoms with Crippen LogP contribution in [0.5, 0.6) is 0 Å². The van der Waals surface area contributed by atoms with Crippen LogP contribution in [0.4, 0.5) is 5.69 Å². The van der Waals surface area contributed by atoms with E-state index < -0.39 is 22.6 Å². The third-order valence-corrected chi connectivity index (χ3v) is 9.88. The summed E-state index contributed by atoms with van der Waals surface area (Å²) in [7, 11) is 0. The number of aryl methyl sites for hydroxylation is 2. The fourth-order valence-electron chi connectivity index (χ4n) is 6.53. The number of hydrogen-bond acceptors (Lipinski definition) is 6. The first-order valence-corrected chi connectivity index (χ1v) is 14.3. The van der Waals surface area contributed by atoms with Gasteiger partial charge in [-0.25, -0.2) is 0 Å². The van der Waals surface area contributed by atoms with Gasteiger partial charge in [0.15, 0.2) is 0 Å². The Hall–Kier alpha value is -2.58. The van der Waals surface area contributed by atoms with Gasteiger partial charge >= 0.3 is 5.97 Å². The number of aliphatic hydroxyl groups excluding tert-OH is 1. The Balaban J connectivity index is 1.56. The maximum Gasteiger partial charge on any atom is 0.311 e. The topological polar surface area (TPSA) is 87.2 Å². The highest BCUT2D eigenvalue weighted by Gasteiger charge is 2.71. The van der Waals surface area contributed by atoms with Gasteiger partial charge in [0.05, 0.1) is 23.2 Å². The average Bonchev–Trinajstić information content (AvgIpc) is 3.23. The summed E-state index contributed by atoms with van der Waals surface area (Å²) < 4.78 is 4.73. The van der Waals surface area contributed by atoms with Gasteiger partial charge in [-0.05, 0) is 44.2 Å². The molecule has 8 heteroatoms. The highest BCUT2D eigenvalue weighted by molar-refractivity contribution is 8.02. The molecule has 1 spiro atoms. The van der Waals surface area contributed by atoms with Crippen LogP contribution in [0.3, 0.4) is 0 Å². The van der Waals surface area contributed by atoms with E-state index in [9.17, 15) is 14.4 Å². The molecular weight excluding hydrogens is 488 g/mol. The molecule has 4 aliphatic rings. The second-order valence-electron chi connectivity index (χ2n) is 10.5. The number of cyclic esters (lactones) is 1. The summed E-state index contributed by atoms with van der Waals surface area (Å²) in [5, 5.41) is 8.93. The summed E-state index contributed by atoms with van der Waals surface area (Å²) in [5.74, 6) is -1.80. The summed E-state index contributed by atoms with van der Waals surface area (Å²) in [5.41, 5.74) is 2.92. The second-order valence-corrected chi connectivity index (χ2v) is 12.0. The summed E-state index contributed by atoms with van der Waals surface area (Å²) in [6.07, 6.45) is 12.0. The number of aliphatic hydroxyl groups is 1. The number of likely N-dealkylation sites (tertiary alicyclic amines) is 1. The lowest BCUT2D eigenvalue weighted by Gasteiger charge is -2.36. The van der Waals surface area contributed by atoms with Crippen LogP contribution in [0.15, 0.2) is 42.5 Å². The molecule has 2 amide bonds. The highest BCUT2D eigenvalue weighted by Crippen LogP contribution is 2.61. The predicted molar refractivity (Wildman–Crippen MR) is 144 cm³/mol. The van der Waals surface area contributed by atoms with E-state index in [0.29, 0.717) is 26.1 Å². The van der Waals surface area contributed by atoms with Crippen molar-refractivity contribution in [3.8, 4) is 0 Å². The number of fused-ring (bicyclic) bond motifs is 2. The van der Waals surface area contributed by atoms with Gasteiger partial charge in [0.1, 0.15) is 6.04 Å². The Morgan fingerprint density at radius 2 is 1.81 bits per heavy atom. The van der Waals surface area contributed by atoms with Crippen molar-refractivity contribution in [1.82, 2.24) is 4.90 Å². The van der Waals surface area contributed by atoms with Gasteiger partial charge in [-0.2, -0.15) is 0 Å². The summed E-state index contributed by atoms with van der Waals surface area (Å²) >= 11 is 1.58. The van der Waals surface area contributed by atoms with Crippen LogP contribution >= 0.6 is 11.8 Å². The van der Waals surface area contributed by atoms with Crippen molar-refractivity contribution in [3.05, 3.63) is 53.6 Å². The Kier molecular flexibility index (Phi) is 7.50. The number of rotatable bonds is 7. The molecule has 2 saturated heterocycles. The number of hydrogen-bond donors (Lipinski definition) is 1. The minimum atomic E-state index is -0.826. The zero-order chi connectivity index (χ0) is 26.2. The molecule has 0 saturated carbocycles. The van der Waals surface area contributed by atoms with Crippen LogP contribution in [-0.2, 0) is 19.1 Å². The second kappa shape index (κ2) is 10.7. The number of benzene rings is 1. The van der Waals surface area contributed by atoms with Crippen molar-refractivity contribution in [2.45, 2.75) is 62.0 Å². The van der Waals surface area contributed by atoms with E-state index in [4.69, 9.17) is 9.84 Å². The number of para-hydroxylation sites is 1. The van der Waals surface area contributed by atoms with E-state index in [2.05, 4.69) is 0 Å². The van der Waals surface area contributed by atoms with Crippen LogP contribution in [0, 0.1) is 25.7 Å². The molecule has 1 aromatic carbocycles. The first-order valence-electron chi connectivity index (χ1n) is 13.4. The van der Waals surface area contributed by atoms with Gasteiger partial charge in [-0.3, -0.25) is 14.4 Å². The van der Waals surface area contributed by atoms with E-state index in [1.165, 1.54) is 0 Å². The van der Waals surface area contributed by atoms with Crippen LogP contribution in [0.25, 0.3) is 0 Å². The zero-order valence-corrected chi connectivity index (χ0v) is 22.4. The van der Waals surface area contributed by atoms with E-state index in [1.807, 2.05) is 61.3 Å². The highest BCUT2D eigenvalue weighted by atomic mass is 32.2. The van der Waals surface area contributed by atoms with Crippen LogP contribution in [0.2, 0.25) is 0 Å². The normalized spacial score (nSPS) is 30.9. The Morgan fingerprint density at radius 1 is 1.05 bits per heavy atom. The Morgan fingerprint density at radius 3 is 2.57 bits per heavy atom. The van der Waals surface area contributed by atoms with E-state index in [1.54, 1.807) is 16.7 Å². The molecule has 0 bridgehead atoms. The molecule has 1 aromatic rings. The number of thioether (sulfide) groups is 1. The maximum atomic E-state index is 14.5. The maximum absolute atomic E-state index is 14.5. The summed E-state index contributed by atoms with van der Waals surface area (Å²) in [6.45, 7) is 5.35. The van der Waals surface area contributed by atoms with Gasteiger partial charge in [0, 0.05) is 30.6 Å². The third kappa shape index (κ3) is 4.42. The Bertz CT molecular complexity index is 1110. The van der Waals surface area contributed by atoms with Gasteiger partial charge in [0.2, 0.25) is 5.91 Å². The summed E-state index contributed by atoms with van der Waals surface area (Å²) in [4.78, 5) is 45.4. The lowest BCUT2D eigenvalue weighted by molar-refractivity contribution is -0.153. The standard InChI is InChI=1S/C29H36N2O5S/c1-19-11-9-12-20(2)24(19)30-16-10-14-29-23(22-21(37-29)13-5-8-18-36-28(22)35)26(33)31(25(29)27(30)34)15-6-3-4-7-17-32/h5,9-14,21-23,25,32H,3-4,6-8,15-18H2,1-2H3/t21-,22+,23+,25?,29+/m1/s1. The third-order valence-electron chi connectivity index (χ3n) is 8.14. The summed E-state index contributed by atoms with van der Waals surface area (Å²) in [6, 6.07) is 5.31. The van der Waals surface area contributed by atoms with E-state index >= 15 is 0 Å². The van der Waals surface area contributed by atoms with Crippen molar-refractivity contribution in [3.63, 3.8) is 0 Å². The van der Waals surface area contributed by atoms with Crippen molar-refractivity contribution in [2.24, 2.45) is 11.8 Å². The molecule has 5 atom stereocenters. The molecule has 0 radical (unpaired) electrons. The van der Waals surface area contributed by atoms with Crippen molar-refractivity contribution < 1.29 is 24.2 Å². The minimum Gasteiger partial charge on any atom is -0.465 e. The lowest BCUT2D eigenvalue weighted by atomic mass is 9.78. The molecule has 1 N–H and O–H groups in total. The van der Waals surface area contributed by atoms with Gasteiger partial charge in [0.25, 0.3) is 5.91 Å². The molecule has 0 aromatic heterocycles. The van der Waals surface area contributed by atoms with E-state index in [-0.39, 0.29) is 29.6 Å². The number of nitrogens with zero attached hydrogens (tertiary/aromatic N) is 2. The molecule has 4 aliphatic heterocycles. The van der Waals surface area contributed by atoms with Gasteiger partial charge in [-0.1, -0.05) is 55.3 Å². The van der Waals surface area contributed by atoms with Crippen LogP contribution in [-0.4, -0.2) is 70.1 Å².